The number of hydrogen-bond donors (Lipinski definition) is 1. The van der Waals surface area contributed by atoms with Crippen molar-refractivity contribution in [2.24, 2.45) is 0 Å². The van der Waals surface area contributed by atoms with E-state index in [1.807, 2.05) is 0 Å². The third-order valence-electron chi connectivity index (χ3n) is 2.21. The lowest BCUT2D eigenvalue weighted by atomic mass is 10.3. The van der Waals surface area contributed by atoms with Crippen molar-refractivity contribution in [3.8, 4) is 5.75 Å². The number of hydrogen-bond acceptors (Lipinski definition) is 3. The smallest absolute Gasteiger partial charge is 0.262 e. The molecule has 6 heteroatoms. The number of anilines is 1. The van der Waals surface area contributed by atoms with E-state index in [0.29, 0.717) is 21.6 Å². The molecule has 1 aromatic heterocycles. The highest BCUT2D eigenvalue weighted by Gasteiger charge is 2.06. The van der Waals surface area contributed by atoms with Crippen LogP contribution in [0.25, 0.3) is 0 Å². The number of ether oxygens (including phenoxy) is 1. The normalized spacial score (nSPS) is 10.0. The molecule has 1 N–H and O–H groups in total. The zero-order valence-electron chi connectivity index (χ0n) is 9.77. The van der Waals surface area contributed by atoms with Crippen LogP contribution in [0.1, 0.15) is 0 Å². The minimum Gasteiger partial charge on any atom is -0.482 e. The predicted molar refractivity (Wildman–Crippen MR) is 74.8 cm³/mol. The summed E-state index contributed by atoms with van der Waals surface area (Å²) in [6.45, 7) is -0.135. The minimum atomic E-state index is -0.304. The van der Waals surface area contributed by atoms with Crippen molar-refractivity contribution in [3.05, 3.63) is 52.8 Å². The van der Waals surface area contributed by atoms with Gasteiger partial charge < -0.3 is 10.1 Å². The SMILES string of the molecule is O=C(COc1ccccc1Cl)Nc1ccnc(Cl)c1. The Morgan fingerprint density at radius 2 is 2.05 bits per heavy atom. The van der Waals surface area contributed by atoms with Crippen LogP contribution in [0.2, 0.25) is 10.2 Å². The van der Waals surface area contributed by atoms with Gasteiger partial charge in [0.1, 0.15) is 10.9 Å². The Morgan fingerprint density at radius 1 is 1.26 bits per heavy atom. The van der Waals surface area contributed by atoms with E-state index < -0.39 is 0 Å². The molecule has 1 heterocycles. The minimum absolute atomic E-state index is 0.135. The Hall–Kier alpha value is -1.78. The van der Waals surface area contributed by atoms with Crippen LogP contribution in [-0.4, -0.2) is 17.5 Å². The quantitative estimate of drug-likeness (QED) is 0.880. The van der Waals surface area contributed by atoms with Gasteiger partial charge in [-0.1, -0.05) is 35.3 Å². The molecule has 1 amide bonds. The van der Waals surface area contributed by atoms with Gasteiger partial charge >= 0.3 is 0 Å². The number of para-hydroxylation sites is 1. The van der Waals surface area contributed by atoms with Gasteiger partial charge in [0, 0.05) is 11.9 Å². The Bertz CT molecular complexity index is 590. The molecule has 0 aliphatic heterocycles. The molecule has 0 aliphatic carbocycles. The van der Waals surface area contributed by atoms with E-state index in [9.17, 15) is 4.79 Å². The zero-order valence-corrected chi connectivity index (χ0v) is 11.3. The fraction of sp³-hybridized carbons (Fsp3) is 0.0769. The first kappa shape index (κ1) is 13.6. The lowest BCUT2D eigenvalue weighted by molar-refractivity contribution is -0.118. The molecule has 0 spiro atoms. The van der Waals surface area contributed by atoms with Crippen molar-refractivity contribution in [1.29, 1.82) is 0 Å². The molecule has 0 saturated heterocycles. The van der Waals surface area contributed by atoms with Crippen molar-refractivity contribution in [3.63, 3.8) is 0 Å². The summed E-state index contributed by atoms with van der Waals surface area (Å²) in [5, 5.41) is 3.41. The number of aromatic nitrogens is 1. The monoisotopic (exact) mass is 296 g/mol. The van der Waals surface area contributed by atoms with Crippen LogP contribution in [0.5, 0.6) is 5.75 Å². The number of pyridine rings is 1. The summed E-state index contributed by atoms with van der Waals surface area (Å²) in [6, 6.07) is 10.1. The molecule has 0 bridgehead atoms. The fourth-order valence-electron chi connectivity index (χ4n) is 1.38. The van der Waals surface area contributed by atoms with Gasteiger partial charge in [-0.25, -0.2) is 4.98 Å². The summed E-state index contributed by atoms with van der Waals surface area (Å²) in [5.74, 6) is 0.161. The molecule has 4 nitrogen and oxygen atoms in total. The van der Waals surface area contributed by atoms with Gasteiger partial charge in [0.25, 0.3) is 5.91 Å². The first-order valence-electron chi connectivity index (χ1n) is 5.44. The van der Waals surface area contributed by atoms with Gasteiger partial charge in [0.05, 0.1) is 5.02 Å². The molecule has 19 heavy (non-hydrogen) atoms. The number of rotatable bonds is 4. The van der Waals surface area contributed by atoms with Gasteiger partial charge in [-0.3, -0.25) is 4.79 Å². The largest absolute Gasteiger partial charge is 0.482 e. The van der Waals surface area contributed by atoms with Crippen LogP contribution >= 0.6 is 23.2 Å². The maximum Gasteiger partial charge on any atom is 0.262 e. The van der Waals surface area contributed by atoms with Crippen LogP contribution in [-0.2, 0) is 4.79 Å². The molecule has 0 aliphatic rings. The summed E-state index contributed by atoms with van der Waals surface area (Å²) in [4.78, 5) is 15.5. The summed E-state index contributed by atoms with van der Waals surface area (Å²) in [6.07, 6.45) is 1.51. The van der Waals surface area contributed by atoms with Gasteiger partial charge in [0.2, 0.25) is 0 Å². The highest BCUT2D eigenvalue weighted by Crippen LogP contribution is 2.23. The molecule has 1 aromatic carbocycles. The van der Waals surface area contributed by atoms with E-state index in [1.165, 1.54) is 6.20 Å². The van der Waals surface area contributed by atoms with Crippen molar-refractivity contribution in [1.82, 2.24) is 4.98 Å². The predicted octanol–water partition coefficient (Wildman–Crippen LogP) is 3.41. The maximum absolute atomic E-state index is 11.7. The second-order valence-corrected chi connectivity index (χ2v) is 4.43. The molecule has 2 aromatic rings. The van der Waals surface area contributed by atoms with Crippen LogP contribution in [0, 0.1) is 0 Å². The van der Waals surface area contributed by atoms with Gasteiger partial charge in [-0.2, -0.15) is 0 Å². The molecule has 0 unspecified atom stereocenters. The van der Waals surface area contributed by atoms with Crippen LogP contribution in [0.15, 0.2) is 42.6 Å². The zero-order chi connectivity index (χ0) is 13.7. The highest BCUT2D eigenvalue weighted by molar-refractivity contribution is 6.32. The van der Waals surface area contributed by atoms with Crippen molar-refractivity contribution < 1.29 is 9.53 Å². The molecule has 0 fully saturated rings. The van der Waals surface area contributed by atoms with Crippen LogP contribution in [0.3, 0.4) is 0 Å². The number of halogens is 2. The number of carbonyl (C=O) groups excluding carboxylic acids is 1. The molecule has 98 valence electrons. The summed E-state index contributed by atoms with van der Waals surface area (Å²) < 4.78 is 5.31. The third-order valence-corrected chi connectivity index (χ3v) is 2.72. The molecule has 0 atom stereocenters. The van der Waals surface area contributed by atoms with Gasteiger partial charge in [-0.05, 0) is 24.3 Å². The second kappa shape index (κ2) is 6.41. The van der Waals surface area contributed by atoms with Crippen molar-refractivity contribution in [2.75, 3.05) is 11.9 Å². The van der Waals surface area contributed by atoms with Crippen LogP contribution in [0.4, 0.5) is 5.69 Å². The topological polar surface area (TPSA) is 51.2 Å². The number of benzene rings is 1. The molecule has 0 saturated carbocycles. The van der Waals surface area contributed by atoms with Gasteiger partial charge in [0.15, 0.2) is 6.61 Å². The number of amides is 1. The molecular weight excluding hydrogens is 287 g/mol. The van der Waals surface area contributed by atoms with E-state index in [-0.39, 0.29) is 12.5 Å². The first-order chi connectivity index (χ1) is 9.15. The lowest BCUT2D eigenvalue weighted by Gasteiger charge is -2.08. The van der Waals surface area contributed by atoms with Crippen molar-refractivity contribution >= 4 is 34.8 Å². The average Bonchev–Trinajstić information content (AvgIpc) is 2.38. The molecule has 0 radical (unpaired) electrons. The maximum atomic E-state index is 11.7. The van der Waals surface area contributed by atoms with Crippen LogP contribution < -0.4 is 10.1 Å². The molecule has 2 rings (SSSR count). The van der Waals surface area contributed by atoms with Crippen molar-refractivity contribution in [2.45, 2.75) is 0 Å². The lowest BCUT2D eigenvalue weighted by Crippen LogP contribution is -2.20. The van der Waals surface area contributed by atoms with E-state index in [1.54, 1.807) is 36.4 Å². The Labute approximate surface area is 120 Å². The van der Waals surface area contributed by atoms with Gasteiger partial charge in [-0.15, -0.1) is 0 Å². The standard InChI is InChI=1S/C13H10Cl2N2O2/c14-10-3-1-2-4-11(10)19-8-13(18)17-9-5-6-16-12(15)7-9/h1-7H,8H2,(H,16,17,18). The van der Waals surface area contributed by atoms with E-state index in [2.05, 4.69) is 10.3 Å². The van der Waals surface area contributed by atoms with E-state index in [4.69, 9.17) is 27.9 Å². The number of carbonyl (C=O) groups is 1. The number of nitrogens with zero attached hydrogens (tertiary/aromatic N) is 1. The number of nitrogens with one attached hydrogen (secondary N) is 1. The van der Waals surface area contributed by atoms with E-state index >= 15 is 0 Å². The Morgan fingerprint density at radius 3 is 2.79 bits per heavy atom. The first-order valence-corrected chi connectivity index (χ1v) is 6.19. The average molecular weight is 297 g/mol. The van der Waals surface area contributed by atoms with E-state index in [0.717, 1.165) is 0 Å². The second-order valence-electron chi connectivity index (χ2n) is 3.63. The highest BCUT2D eigenvalue weighted by atomic mass is 35.5. The Kier molecular flexibility index (Phi) is 4.60. The Balaban J connectivity index is 1.90. The third kappa shape index (κ3) is 4.12. The molecular formula is C13H10Cl2N2O2. The summed E-state index contributed by atoms with van der Waals surface area (Å²) in [7, 11) is 0. The summed E-state index contributed by atoms with van der Waals surface area (Å²) in [5.41, 5.74) is 0.563. The summed E-state index contributed by atoms with van der Waals surface area (Å²) >= 11 is 11.6. The fourth-order valence-corrected chi connectivity index (χ4v) is 1.75.